The van der Waals surface area contributed by atoms with Crippen molar-refractivity contribution in [3.63, 3.8) is 0 Å². The Hall–Kier alpha value is -2.17. The number of carbonyl (C=O) groups is 1. The van der Waals surface area contributed by atoms with Gasteiger partial charge in [0.2, 0.25) is 0 Å². The minimum Gasteiger partial charge on any atom is -0.545 e. The van der Waals surface area contributed by atoms with E-state index >= 15 is 0 Å². The molecule has 0 bridgehead atoms. The fraction of sp³-hybridized carbons (Fsp3) is 0.316. The summed E-state index contributed by atoms with van der Waals surface area (Å²) < 4.78 is 0. The van der Waals surface area contributed by atoms with Crippen molar-refractivity contribution in [3.8, 4) is 0 Å². The first kappa shape index (κ1) is 15.7. The quantitative estimate of drug-likeness (QED) is 0.927. The minimum atomic E-state index is -1.17. The number of hydrogen-bond donors (Lipinski definition) is 1. The summed E-state index contributed by atoms with van der Waals surface area (Å²) in [5, 5.41) is 21.3. The first-order chi connectivity index (χ1) is 11.1. The van der Waals surface area contributed by atoms with Crippen molar-refractivity contribution in [2.75, 3.05) is 13.1 Å². The van der Waals surface area contributed by atoms with Gasteiger partial charge in [0.1, 0.15) is 0 Å². The molecule has 1 N–H and O–H groups in total. The molecule has 0 radical (unpaired) electrons. The largest absolute Gasteiger partial charge is 0.545 e. The van der Waals surface area contributed by atoms with E-state index in [0.29, 0.717) is 6.54 Å². The molecule has 2 unspecified atom stereocenters. The molecule has 1 aliphatic rings. The topological polar surface area (TPSA) is 63.6 Å². The van der Waals surface area contributed by atoms with Crippen molar-refractivity contribution in [2.24, 2.45) is 0 Å². The number of aromatic carboxylic acids is 1. The summed E-state index contributed by atoms with van der Waals surface area (Å²) in [5.41, 5.74) is 2.41. The number of β-amino-alcohol motifs (C(OH)–C–C–N with tert-alkyl or cyclic N) is 1. The van der Waals surface area contributed by atoms with Gasteiger partial charge in [-0.3, -0.25) is 4.90 Å². The maximum Gasteiger partial charge on any atom is 0.0736 e. The lowest BCUT2D eigenvalue weighted by atomic mass is 9.86. The molecular formula is C19H20NO3-. The number of likely N-dealkylation sites (tertiary alicyclic amines) is 1. The van der Waals surface area contributed by atoms with Crippen LogP contribution in [0.5, 0.6) is 0 Å². The molecule has 2 atom stereocenters. The summed E-state index contributed by atoms with van der Waals surface area (Å²) in [6.45, 7) is 2.38. The molecule has 4 nitrogen and oxygen atoms in total. The van der Waals surface area contributed by atoms with Crippen molar-refractivity contribution >= 4 is 5.97 Å². The van der Waals surface area contributed by atoms with Crippen molar-refractivity contribution in [1.29, 1.82) is 0 Å². The summed E-state index contributed by atoms with van der Waals surface area (Å²) in [6.07, 6.45) is 0.417. The van der Waals surface area contributed by atoms with Crippen molar-refractivity contribution in [2.45, 2.75) is 25.0 Å². The number of carboxylic acid groups (broad SMARTS) is 1. The zero-order valence-electron chi connectivity index (χ0n) is 12.9. The molecule has 2 aromatic carbocycles. The third-order valence-corrected chi connectivity index (χ3v) is 4.49. The number of piperidine rings is 1. The summed E-state index contributed by atoms with van der Waals surface area (Å²) in [4.78, 5) is 13.1. The lowest BCUT2D eigenvalue weighted by Gasteiger charge is -2.36. The van der Waals surface area contributed by atoms with Gasteiger partial charge in [-0.25, -0.2) is 0 Å². The lowest BCUT2D eigenvalue weighted by Crippen LogP contribution is -2.42. The third-order valence-electron chi connectivity index (χ3n) is 4.49. The molecule has 3 rings (SSSR count). The van der Waals surface area contributed by atoms with Crippen LogP contribution in [-0.4, -0.2) is 35.2 Å². The smallest absolute Gasteiger partial charge is 0.0736 e. The van der Waals surface area contributed by atoms with E-state index in [9.17, 15) is 15.0 Å². The zero-order chi connectivity index (χ0) is 16.2. The highest BCUT2D eigenvalue weighted by Gasteiger charge is 2.28. The van der Waals surface area contributed by atoms with Crippen LogP contribution >= 0.6 is 0 Å². The number of nitrogens with zero attached hydrogens (tertiary/aromatic N) is 1. The van der Waals surface area contributed by atoms with Gasteiger partial charge in [0, 0.05) is 19.0 Å². The van der Waals surface area contributed by atoms with Gasteiger partial charge in [0.25, 0.3) is 0 Å². The fourth-order valence-electron chi connectivity index (χ4n) is 3.24. The molecule has 1 fully saturated rings. The molecule has 2 aromatic rings. The number of carboxylic acids is 1. The van der Waals surface area contributed by atoms with Crippen LogP contribution in [0.25, 0.3) is 0 Å². The second-order valence-electron chi connectivity index (χ2n) is 6.09. The summed E-state index contributed by atoms with van der Waals surface area (Å²) in [5.74, 6) is -1.12. The first-order valence-corrected chi connectivity index (χ1v) is 7.89. The van der Waals surface area contributed by atoms with E-state index in [4.69, 9.17) is 0 Å². The summed E-state index contributed by atoms with van der Waals surface area (Å²) in [7, 11) is 0. The number of hydrogen-bond acceptors (Lipinski definition) is 4. The predicted molar refractivity (Wildman–Crippen MR) is 85.9 cm³/mol. The molecule has 0 aromatic heterocycles. The van der Waals surface area contributed by atoms with E-state index in [-0.39, 0.29) is 11.5 Å². The van der Waals surface area contributed by atoms with E-state index in [0.717, 1.165) is 25.1 Å². The second kappa shape index (κ2) is 6.94. The average molecular weight is 310 g/mol. The Kier molecular flexibility index (Phi) is 4.74. The molecule has 0 amide bonds. The molecule has 4 heteroatoms. The standard InChI is InChI=1S/C19H21NO3/c21-18-13-20(12-14-4-2-1-3-5-14)11-10-17(18)15-6-8-16(9-7-15)19(22)23/h1-9,17-18,21H,10-13H2,(H,22,23)/p-1. The number of aliphatic hydroxyl groups is 1. The van der Waals surface area contributed by atoms with Crippen LogP contribution < -0.4 is 5.11 Å². The Bertz CT molecular complexity index is 654. The van der Waals surface area contributed by atoms with Crippen LogP contribution in [0.4, 0.5) is 0 Å². The maximum absolute atomic E-state index is 10.8. The number of carbonyl (C=O) groups excluding carboxylic acids is 1. The van der Waals surface area contributed by atoms with Gasteiger partial charge >= 0.3 is 0 Å². The monoisotopic (exact) mass is 310 g/mol. The SMILES string of the molecule is O=C([O-])c1ccc(C2CCN(Cc3ccccc3)CC2O)cc1. The van der Waals surface area contributed by atoms with Gasteiger partial charge in [0.05, 0.1) is 12.1 Å². The van der Waals surface area contributed by atoms with Crippen LogP contribution in [0, 0.1) is 0 Å². The van der Waals surface area contributed by atoms with Crippen LogP contribution in [0.1, 0.15) is 33.8 Å². The average Bonchev–Trinajstić information content (AvgIpc) is 2.56. The molecule has 0 spiro atoms. The van der Waals surface area contributed by atoms with Gasteiger partial charge in [-0.05, 0) is 29.7 Å². The zero-order valence-corrected chi connectivity index (χ0v) is 12.9. The Morgan fingerprint density at radius 2 is 1.83 bits per heavy atom. The van der Waals surface area contributed by atoms with Crippen molar-refractivity contribution < 1.29 is 15.0 Å². The Balaban J connectivity index is 1.63. The number of benzene rings is 2. The molecule has 120 valence electrons. The minimum absolute atomic E-state index is 0.0535. The van der Waals surface area contributed by atoms with Crippen LogP contribution in [0.2, 0.25) is 0 Å². The molecule has 1 heterocycles. The molecule has 0 aliphatic carbocycles. The van der Waals surface area contributed by atoms with E-state index in [1.807, 2.05) is 18.2 Å². The highest BCUT2D eigenvalue weighted by molar-refractivity contribution is 5.85. The highest BCUT2D eigenvalue weighted by atomic mass is 16.4. The molecule has 0 saturated carbocycles. The van der Waals surface area contributed by atoms with Crippen LogP contribution in [0.15, 0.2) is 54.6 Å². The molecule has 1 aliphatic heterocycles. The molecule has 1 saturated heterocycles. The van der Waals surface area contributed by atoms with Gasteiger partial charge < -0.3 is 15.0 Å². The van der Waals surface area contributed by atoms with Crippen molar-refractivity contribution in [1.82, 2.24) is 4.90 Å². The summed E-state index contributed by atoms with van der Waals surface area (Å²) in [6, 6.07) is 16.9. The van der Waals surface area contributed by atoms with Gasteiger partial charge in [0.15, 0.2) is 0 Å². The van der Waals surface area contributed by atoms with E-state index in [2.05, 4.69) is 17.0 Å². The van der Waals surface area contributed by atoms with E-state index in [1.165, 1.54) is 5.56 Å². The Morgan fingerprint density at radius 3 is 2.43 bits per heavy atom. The van der Waals surface area contributed by atoms with E-state index in [1.54, 1.807) is 24.3 Å². The highest BCUT2D eigenvalue weighted by Crippen LogP contribution is 2.29. The molecule has 23 heavy (non-hydrogen) atoms. The van der Waals surface area contributed by atoms with Gasteiger partial charge in [-0.15, -0.1) is 0 Å². The first-order valence-electron chi connectivity index (χ1n) is 7.89. The molecular weight excluding hydrogens is 290 g/mol. The Labute approximate surface area is 136 Å². The summed E-state index contributed by atoms with van der Waals surface area (Å²) >= 11 is 0. The van der Waals surface area contributed by atoms with Crippen LogP contribution in [-0.2, 0) is 6.54 Å². The van der Waals surface area contributed by atoms with Crippen LogP contribution in [0.3, 0.4) is 0 Å². The second-order valence-corrected chi connectivity index (χ2v) is 6.09. The van der Waals surface area contributed by atoms with Gasteiger partial charge in [-0.1, -0.05) is 54.6 Å². The number of aliphatic hydroxyl groups excluding tert-OH is 1. The predicted octanol–water partition coefficient (Wildman–Crippen LogP) is 1.40. The number of rotatable bonds is 4. The third kappa shape index (κ3) is 3.78. The Morgan fingerprint density at radius 1 is 1.13 bits per heavy atom. The normalized spacial score (nSPS) is 22.0. The lowest BCUT2D eigenvalue weighted by molar-refractivity contribution is -0.255. The maximum atomic E-state index is 10.8. The van der Waals surface area contributed by atoms with E-state index < -0.39 is 12.1 Å². The van der Waals surface area contributed by atoms with Gasteiger partial charge in [-0.2, -0.15) is 0 Å². The fourth-order valence-corrected chi connectivity index (χ4v) is 3.24. The van der Waals surface area contributed by atoms with Crippen molar-refractivity contribution in [3.05, 3.63) is 71.3 Å².